The summed E-state index contributed by atoms with van der Waals surface area (Å²) >= 11 is 0. The molecular weight excluding hydrogens is 332 g/mol. The second-order valence-electron chi connectivity index (χ2n) is 6.82. The van der Waals surface area contributed by atoms with Crippen LogP contribution in [-0.4, -0.2) is 62.2 Å². The molecule has 134 valence electrons. The fraction of sp³-hybridized carbons (Fsp3) is 0.389. The zero-order chi connectivity index (χ0) is 18.1. The molecule has 0 aliphatic carbocycles. The lowest BCUT2D eigenvalue weighted by molar-refractivity contribution is 0.0574. The molecule has 0 saturated carbocycles. The van der Waals surface area contributed by atoms with Gasteiger partial charge in [0.2, 0.25) is 0 Å². The molecule has 2 bridgehead atoms. The first kappa shape index (κ1) is 16.4. The van der Waals surface area contributed by atoms with Crippen molar-refractivity contribution < 1.29 is 9.59 Å². The maximum absolute atomic E-state index is 13.0. The largest absolute Gasteiger partial charge is 0.384 e. The Morgan fingerprint density at radius 3 is 2.69 bits per heavy atom. The van der Waals surface area contributed by atoms with Gasteiger partial charge in [0, 0.05) is 49.8 Å². The van der Waals surface area contributed by atoms with Gasteiger partial charge in [-0.15, -0.1) is 0 Å². The fourth-order valence-electron chi connectivity index (χ4n) is 3.82. The second kappa shape index (κ2) is 6.70. The van der Waals surface area contributed by atoms with E-state index in [0.717, 1.165) is 12.8 Å². The Labute approximate surface area is 151 Å². The molecule has 8 nitrogen and oxygen atoms in total. The monoisotopic (exact) mass is 352 g/mol. The zero-order valence-corrected chi connectivity index (χ0v) is 14.3. The van der Waals surface area contributed by atoms with Crippen LogP contribution in [0.3, 0.4) is 0 Å². The minimum atomic E-state index is -0.127. The van der Waals surface area contributed by atoms with Crippen molar-refractivity contribution in [1.82, 2.24) is 24.8 Å². The number of piperidine rings is 1. The van der Waals surface area contributed by atoms with Crippen molar-refractivity contribution in [2.45, 2.75) is 18.9 Å². The van der Waals surface area contributed by atoms with Crippen molar-refractivity contribution in [3.63, 3.8) is 0 Å². The number of rotatable bonds is 2. The summed E-state index contributed by atoms with van der Waals surface area (Å²) in [7, 11) is 0. The van der Waals surface area contributed by atoms with Gasteiger partial charge in [0.05, 0.1) is 6.20 Å². The molecule has 2 atom stereocenters. The first-order valence-corrected chi connectivity index (χ1v) is 8.69. The standard InChI is InChI=1S/C18H20N6O2/c19-16-7-13(3-4-22-16)17(25)24-10-12-1-2-14(24)11-23(9-12)18(26)15-8-20-5-6-21-15/h3-8,12,14H,1-2,9-11H2,(H2,19,22)/t12-,14+/m0/s1. The van der Waals surface area contributed by atoms with Crippen molar-refractivity contribution in [3.8, 4) is 0 Å². The Balaban J connectivity index is 1.55. The van der Waals surface area contributed by atoms with E-state index in [9.17, 15) is 9.59 Å². The van der Waals surface area contributed by atoms with Gasteiger partial charge in [0.25, 0.3) is 11.8 Å². The summed E-state index contributed by atoms with van der Waals surface area (Å²) in [6.07, 6.45) is 7.99. The van der Waals surface area contributed by atoms with Gasteiger partial charge in [-0.05, 0) is 30.9 Å². The average molecular weight is 352 g/mol. The van der Waals surface area contributed by atoms with E-state index in [4.69, 9.17) is 5.73 Å². The third-order valence-corrected chi connectivity index (χ3v) is 5.07. The van der Waals surface area contributed by atoms with E-state index in [1.54, 1.807) is 29.4 Å². The maximum Gasteiger partial charge on any atom is 0.274 e. The molecule has 2 aromatic rings. The van der Waals surface area contributed by atoms with E-state index >= 15 is 0 Å². The van der Waals surface area contributed by atoms with Gasteiger partial charge in [-0.2, -0.15) is 0 Å². The Morgan fingerprint density at radius 1 is 1.04 bits per heavy atom. The van der Waals surface area contributed by atoms with Crippen LogP contribution in [0.15, 0.2) is 36.9 Å². The first-order chi connectivity index (χ1) is 12.6. The smallest absolute Gasteiger partial charge is 0.274 e. The number of carbonyl (C=O) groups excluding carboxylic acids is 2. The topological polar surface area (TPSA) is 105 Å². The average Bonchev–Trinajstić information content (AvgIpc) is 2.99. The highest BCUT2D eigenvalue weighted by Crippen LogP contribution is 2.30. The van der Waals surface area contributed by atoms with Crippen molar-refractivity contribution in [1.29, 1.82) is 0 Å². The van der Waals surface area contributed by atoms with Gasteiger partial charge in [-0.3, -0.25) is 14.6 Å². The minimum Gasteiger partial charge on any atom is -0.384 e. The number of hydrogen-bond donors (Lipinski definition) is 1. The highest BCUT2D eigenvalue weighted by molar-refractivity contribution is 5.95. The molecule has 0 spiro atoms. The number of aromatic nitrogens is 3. The van der Waals surface area contributed by atoms with E-state index in [1.807, 2.05) is 4.90 Å². The molecule has 5 rings (SSSR count). The minimum absolute atomic E-state index is 0.00346. The van der Waals surface area contributed by atoms with Gasteiger partial charge < -0.3 is 15.5 Å². The number of amides is 2. The van der Waals surface area contributed by atoms with Crippen LogP contribution in [-0.2, 0) is 0 Å². The van der Waals surface area contributed by atoms with E-state index in [1.165, 1.54) is 12.4 Å². The molecule has 26 heavy (non-hydrogen) atoms. The predicted molar refractivity (Wildman–Crippen MR) is 94.1 cm³/mol. The lowest BCUT2D eigenvalue weighted by Gasteiger charge is -2.36. The van der Waals surface area contributed by atoms with Gasteiger partial charge in [0.15, 0.2) is 0 Å². The molecule has 3 fully saturated rings. The quantitative estimate of drug-likeness (QED) is 0.858. The fourth-order valence-corrected chi connectivity index (χ4v) is 3.82. The number of nitrogens with two attached hydrogens (primary N) is 1. The van der Waals surface area contributed by atoms with Crippen LogP contribution in [0.25, 0.3) is 0 Å². The summed E-state index contributed by atoms with van der Waals surface area (Å²) in [6.45, 7) is 1.79. The Morgan fingerprint density at radius 2 is 1.92 bits per heavy atom. The molecular formula is C18H20N6O2. The lowest BCUT2D eigenvalue weighted by atomic mass is 9.94. The summed E-state index contributed by atoms with van der Waals surface area (Å²) in [5, 5.41) is 0. The number of anilines is 1. The number of nitrogens with zero attached hydrogens (tertiary/aromatic N) is 5. The number of carbonyl (C=O) groups is 2. The molecule has 5 heterocycles. The van der Waals surface area contributed by atoms with Gasteiger partial charge in [-0.1, -0.05) is 0 Å². The number of pyridine rings is 1. The Kier molecular flexibility index (Phi) is 4.24. The van der Waals surface area contributed by atoms with Gasteiger partial charge in [-0.25, -0.2) is 9.97 Å². The molecule has 8 heteroatoms. The van der Waals surface area contributed by atoms with Crippen LogP contribution >= 0.6 is 0 Å². The van der Waals surface area contributed by atoms with Crippen LogP contribution in [0.4, 0.5) is 5.82 Å². The molecule has 3 saturated heterocycles. The summed E-state index contributed by atoms with van der Waals surface area (Å²) in [6, 6.07) is 3.28. The second-order valence-corrected chi connectivity index (χ2v) is 6.82. The van der Waals surface area contributed by atoms with Crippen LogP contribution in [0.1, 0.15) is 33.7 Å². The van der Waals surface area contributed by atoms with E-state index in [2.05, 4.69) is 15.0 Å². The number of nitrogen functional groups attached to an aromatic ring is 1. The van der Waals surface area contributed by atoms with E-state index < -0.39 is 0 Å². The van der Waals surface area contributed by atoms with Crippen molar-refractivity contribution in [3.05, 3.63) is 48.2 Å². The van der Waals surface area contributed by atoms with Crippen molar-refractivity contribution in [2.24, 2.45) is 5.92 Å². The maximum atomic E-state index is 13.0. The highest BCUT2D eigenvalue weighted by Gasteiger charge is 2.39. The van der Waals surface area contributed by atoms with Gasteiger partial charge >= 0.3 is 0 Å². The molecule has 3 aliphatic heterocycles. The summed E-state index contributed by atoms with van der Waals surface area (Å²) < 4.78 is 0. The highest BCUT2D eigenvalue weighted by atomic mass is 16.2. The molecule has 0 radical (unpaired) electrons. The van der Waals surface area contributed by atoms with E-state index in [0.29, 0.717) is 36.7 Å². The van der Waals surface area contributed by atoms with Crippen LogP contribution in [0.2, 0.25) is 0 Å². The Bertz CT molecular complexity index is 827. The molecule has 2 amide bonds. The molecule has 0 unspecified atom stereocenters. The molecule has 2 N–H and O–H groups in total. The summed E-state index contributed by atoms with van der Waals surface area (Å²) in [5.74, 6) is 0.410. The lowest BCUT2D eigenvalue weighted by Crippen LogP contribution is -2.47. The van der Waals surface area contributed by atoms with Crippen molar-refractivity contribution >= 4 is 17.6 Å². The summed E-state index contributed by atoms with van der Waals surface area (Å²) in [4.78, 5) is 41.4. The molecule has 2 aromatic heterocycles. The van der Waals surface area contributed by atoms with Gasteiger partial charge in [0.1, 0.15) is 11.5 Å². The first-order valence-electron chi connectivity index (χ1n) is 8.69. The number of hydrogen-bond acceptors (Lipinski definition) is 6. The van der Waals surface area contributed by atoms with Crippen LogP contribution < -0.4 is 5.73 Å². The summed E-state index contributed by atoms with van der Waals surface area (Å²) in [5.41, 5.74) is 6.59. The Hall–Kier alpha value is -3.03. The molecule has 0 aromatic carbocycles. The van der Waals surface area contributed by atoms with E-state index in [-0.39, 0.29) is 23.8 Å². The number of fused-ring (bicyclic) bond motifs is 4. The third kappa shape index (κ3) is 3.10. The van der Waals surface area contributed by atoms with Crippen LogP contribution in [0.5, 0.6) is 0 Å². The van der Waals surface area contributed by atoms with Crippen LogP contribution in [0, 0.1) is 5.92 Å². The van der Waals surface area contributed by atoms with Crippen molar-refractivity contribution in [2.75, 3.05) is 25.4 Å². The zero-order valence-electron chi connectivity index (χ0n) is 14.3. The third-order valence-electron chi connectivity index (χ3n) is 5.07. The normalized spacial score (nSPS) is 22.2. The molecule has 3 aliphatic rings. The SMILES string of the molecule is Nc1cc(C(=O)N2C[C@H]3CC[C@@H]2CN(C(=O)c2cnccn2)C3)ccn1. The predicted octanol–water partition coefficient (Wildman–Crippen LogP) is 0.831.